The average molecular weight is 239 g/mol. The fourth-order valence-corrected chi connectivity index (χ4v) is 3.55. The van der Waals surface area contributed by atoms with Crippen molar-refractivity contribution in [2.75, 3.05) is 6.26 Å². The molecule has 4 heteroatoms. The van der Waals surface area contributed by atoms with Crippen LogP contribution in [0.1, 0.15) is 44.8 Å². The van der Waals surface area contributed by atoms with E-state index < -0.39 is 0 Å². The standard InChI is InChI=1S/C12H21N3S/c1-12(2,13)11-7-14-8-15(11)9-5-4-6-10(9)16-3/h7-10H,4-6,13H2,1-3H3. The second-order valence-corrected chi connectivity index (χ2v) is 6.26. The monoisotopic (exact) mass is 239 g/mol. The van der Waals surface area contributed by atoms with Gasteiger partial charge in [-0.05, 0) is 32.9 Å². The van der Waals surface area contributed by atoms with Gasteiger partial charge in [-0.2, -0.15) is 11.8 Å². The number of rotatable bonds is 3. The zero-order chi connectivity index (χ0) is 11.8. The Labute approximate surface area is 102 Å². The van der Waals surface area contributed by atoms with Crippen molar-refractivity contribution in [1.29, 1.82) is 0 Å². The third kappa shape index (κ3) is 2.13. The predicted octanol–water partition coefficient (Wildman–Crippen LogP) is 2.53. The van der Waals surface area contributed by atoms with E-state index in [1.165, 1.54) is 19.3 Å². The molecule has 1 heterocycles. The molecule has 0 radical (unpaired) electrons. The Hall–Kier alpha value is -0.480. The molecule has 1 aromatic heterocycles. The lowest BCUT2D eigenvalue weighted by Gasteiger charge is -2.27. The molecule has 0 saturated heterocycles. The van der Waals surface area contributed by atoms with Crippen molar-refractivity contribution in [3.05, 3.63) is 18.2 Å². The Bertz CT molecular complexity index is 353. The fourth-order valence-electron chi connectivity index (χ4n) is 2.57. The molecule has 0 spiro atoms. The third-order valence-electron chi connectivity index (χ3n) is 3.40. The van der Waals surface area contributed by atoms with Crippen LogP contribution in [0.3, 0.4) is 0 Å². The number of thioether (sulfide) groups is 1. The summed E-state index contributed by atoms with van der Waals surface area (Å²) in [5, 5.41) is 0.718. The SMILES string of the molecule is CSC1CCCC1n1cncc1C(C)(C)N. The lowest BCUT2D eigenvalue weighted by Crippen LogP contribution is -2.33. The van der Waals surface area contributed by atoms with E-state index in [9.17, 15) is 0 Å². The van der Waals surface area contributed by atoms with Crippen LogP contribution in [0, 0.1) is 0 Å². The van der Waals surface area contributed by atoms with Gasteiger partial charge in [-0.25, -0.2) is 4.98 Å². The summed E-state index contributed by atoms with van der Waals surface area (Å²) in [6.07, 6.45) is 9.95. The van der Waals surface area contributed by atoms with Crippen LogP contribution in [0.15, 0.2) is 12.5 Å². The summed E-state index contributed by atoms with van der Waals surface area (Å²) in [6, 6.07) is 0.579. The number of nitrogens with zero attached hydrogens (tertiary/aromatic N) is 2. The van der Waals surface area contributed by atoms with E-state index in [1.807, 2.05) is 38.1 Å². The van der Waals surface area contributed by atoms with Gasteiger partial charge in [-0.3, -0.25) is 0 Å². The summed E-state index contributed by atoms with van der Waals surface area (Å²) in [5.41, 5.74) is 7.04. The molecule has 90 valence electrons. The van der Waals surface area contributed by atoms with Crippen LogP contribution in [0.2, 0.25) is 0 Å². The van der Waals surface area contributed by atoms with E-state index in [0.29, 0.717) is 6.04 Å². The molecule has 3 nitrogen and oxygen atoms in total. The minimum atomic E-state index is -0.304. The second kappa shape index (κ2) is 4.41. The molecule has 2 N–H and O–H groups in total. The van der Waals surface area contributed by atoms with E-state index in [1.54, 1.807) is 0 Å². The third-order valence-corrected chi connectivity index (χ3v) is 4.56. The van der Waals surface area contributed by atoms with Gasteiger partial charge in [0.15, 0.2) is 0 Å². The zero-order valence-corrected chi connectivity index (χ0v) is 11.1. The van der Waals surface area contributed by atoms with Gasteiger partial charge in [-0.15, -0.1) is 0 Å². The number of hydrogen-bond donors (Lipinski definition) is 1. The summed E-state index contributed by atoms with van der Waals surface area (Å²) < 4.78 is 2.30. The maximum atomic E-state index is 6.19. The predicted molar refractivity (Wildman–Crippen MR) is 69.6 cm³/mol. The minimum absolute atomic E-state index is 0.304. The maximum absolute atomic E-state index is 6.19. The van der Waals surface area contributed by atoms with Gasteiger partial charge in [0.1, 0.15) is 0 Å². The van der Waals surface area contributed by atoms with Crippen molar-refractivity contribution in [3.8, 4) is 0 Å². The molecule has 2 unspecified atom stereocenters. The largest absolute Gasteiger partial charge is 0.329 e. The van der Waals surface area contributed by atoms with E-state index in [2.05, 4.69) is 15.8 Å². The molecule has 0 amide bonds. The molecule has 0 aliphatic heterocycles. The molecule has 16 heavy (non-hydrogen) atoms. The van der Waals surface area contributed by atoms with Crippen molar-refractivity contribution in [3.63, 3.8) is 0 Å². The Morgan fingerprint density at radius 3 is 2.88 bits per heavy atom. The first-order chi connectivity index (χ1) is 7.54. The molecule has 0 bridgehead atoms. The molecule has 1 aliphatic rings. The number of hydrogen-bond acceptors (Lipinski definition) is 3. The Kier molecular flexibility index (Phi) is 3.31. The van der Waals surface area contributed by atoms with Gasteiger partial charge in [0, 0.05) is 17.5 Å². The molecule has 2 atom stereocenters. The summed E-state index contributed by atoms with van der Waals surface area (Å²) in [5.74, 6) is 0. The van der Waals surface area contributed by atoms with Crippen LogP contribution >= 0.6 is 11.8 Å². The second-order valence-electron chi connectivity index (χ2n) is 5.18. The number of imidazole rings is 1. The van der Waals surface area contributed by atoms with E-state index in [0.717, 1.165) is 10.9 Å². The molecular formula is C12H21N3S. The quantitative estimate of drug-likeness (QED) is 0.881. The summed E-state index contributed by atoms with van der Waals surface area (Å²) in [7, 11) is 0. The summed E-state index contributed by atoms with van der Waals surface area (Å²) in [6.45, 7) is 4.09. The highest BCUT2D eigenvalue weighted by atomic mass is 32.2. The topological polar surface area (TPSA) is 43.8 Å². The van der Waals surface area contributed by atoms with Gasteiger partial charge >= 0.3 is 0 Å². The van der Waals surface area contributed by atoms with Crippen molar-refractivity contribution in [2.45, 2.75) is 49.9 Å². The van der Waals surface area contributed by atoms with Gasteiger partial charge in [0.2, 0.25) is 0 Å². The number of aromatic nitrogens is 2. The fraction of sp³-hybridized carbons (Fsp3) is 0.750. The highest BCUT2D eigenvalue weighted by molar-refractivity contribution is 7.99. The summed E-state index contributed by atoms with van der Waals surface area (Å²) in [4.78, 5) is 4.28. The van der Waals surface area contributed by atoms with E-state index in [4.69, 9.17) is 5.73 Å². The van der Waals surface area contributed by atoms with Crippen molar-refractivity contribution in [1.82, 2.24) is 9.55 Å². The van der Waals surface area contributed by atoms with Crippen molar-refractivity contribution >= 4 is 11.8 Å². The molecule has 0 aromatic carbocycles. The van der Waals surface area contributed by atoms with E-state index >= 15 is 0 Å². The zero-order valence-electron chi connectivity index (χ0n) is 10.3. The highest BCUT2D eigenvalue weighted by Crippen LogP contribution is 2.38. The van der Waals surface area contributed by atoms with Crippen LogP contribution in [-0.4, -0.2) is 21.1 Å². The maximum Gasteiger partial charge on any atom is 0.0951 e. The Morgan fingerprint density at radius 1 is 1.50 bits per heavy atom. The first-order valence-electron chi connectivity index (χ1n) is 5.88. The average Bonchev–Trinajstić information content (AvgIpc) is 2.84. The van der Waals surface area contributed by atoms with Gasteiger partial charge < -0.3 is 10.3 Å². The van der Waals surface area contributed by atoms with Gasteiger partial charge in [-0.1, -0.05) is 6.42 Å². The lowest BCUT2D eigenvalue weighted by atomic mass is 10.0. The molecule has 2 rings (SSSR count). The molecule has 1 aromatic rings. The van der Waals surface area contributed by atoms with Crippen molar-refractivity contribution in [2.24, 2.45) is 5.73 Å². The first-order valence-corrected chi connectivity index (χ1v) is 7.17. The van der Waals surface area contributed by atoms with Crippen LogP contribution in [0.25, 0.3) is 0 Å². The molecule has 1 saturated carbocycles. The van der Waals surface area contributed by atoms with Crippen LogP contribution < -0.4 is 5.73 Å². The normalized spacial score (nSPS) is 26.2. The number of nitrogens with two attached hydrogens (primary N) is 1. The molecule has 1 aliphatic carbocycles. The summed E-state index contributed by atoms with van der Waals surface area (Å²) >= 11 is 1.97. The smallest absolute Gasteiger partial charge is 0.0951 e. The van der Waals surface area contributed by atoms with Gasteiger partial charge in [0.25, 0.3) is 0 Å². The van der Waals surface area contributed by atoms with Crippen LogP contribution in [0.5, 0.6) is 0 Å². The van der Waals surface area contributed by atoms with E-state index in [-0.39, 0.29) is 5.54 Å². The molecule has 1 fully saturated rings. The van der Waals surface area contributed by atoms with Crippen LogP contribution in [-0.2, 0) is 5.54 Å². The lowest BCUT2D eigenvalue weighted by molar-refractivity contribution is 0.441. The minimum Gasteiger partial charge on any atom is -0.329 e. The van der Waals surface area contributed by atoms with Crippen molar-refractivity contribution < 1.29 is 0 Å². The first kappa shape index (κ1) is 12.0. The van der Waals surface area contributed by atoms with Crippen LogP contribution in [0.4, 0.5) is 0 Å². The highest BCUT2D eigenvalue weighted by Gasteiger charge is 2.31. The van der Waals surface area contributed by atoms with Gasteiger partial charge in [0.05, 0.1) is 17.6 Å². The Morgan fingerprint density at radius 2 is 2.25 bits per heavy atom. The molecular weight excluding hydrogens is 218 g/mol. The Balaban J connectivity index is 2.30.